The molecule has 136 valence electrons. The average Bonchev–Trinajstić information content (AvgIpc) is 2.51. The molecule has 2 unspecified atom stereocenters. The Morgan fingerprint density at radius 1 is 0.739 bits per heavy atom. The van der Waals surface area contributed by atoms with Crippen LogP contribution >= 0.6 is 0 Å². The van der Waals surface area contributed by atoms with Crippen LogP contribution in [0, 0.1) is 0 Å². The minimum atomic E-state index is -0.284. The van der Waals surface area contributed by atoms with Gasteiger partial charge in [0, 0.05) is 39.0 Å². The maximum atomic E-state index is 10.7. The smallest absolute Gasteiger partial charge is 0.298 e. The van der Waals surface area contributed by atoms with Crippen LogP contribution in [0.2, 0.25) is 0 Å². The second kappa shape index (κ2) is 19.8. The van der Waals surface area contributed by atoms with Gasteiger partial charge in [0.25, 0.3) is 0 Å². The first-order valence-electron chi connectivity index (χ1n) is 8.13. The van der Waals surface area contributed by atoms with Gasteiger partial charge in [0.15, 0.2) is 0 Å². The summed E-state index contributed by atoms with van der Waals surface area (Å²) in [6, 6.07) is 0. The summed E-state index contributed by atoms with van der Waals surface area (Å²) in [7, 11) is 0. The molecule has 0 aliphatic heterocycles. The second-order valence-corrected chi connectivity index (χ2v) is 5.04. The largest absolute Gasteiger partial charge is 0.342 e. The molecular formula is C16H32O6Zr. The van der Waals surface area contributed by atoms with Crippen molar-refractivity contribution in [2.75, 3.05) is 0 Å². The topological polar surface area (TPSA) is 71.1 Å². The Labute approximate surface area is 159 Å². The first-order valence-corrected chi connectivity index (χ1v) is 8.13. The third-order valence-electron chi connectivity index (χ3n) is 2.67. The van der Waals surface area contributed by atoms with Crippen molar-refractivity contribution in [1.82, 2.24) is 0 Å². The van der Waals surface area contributed by atoms with Gasteiger partial charge in [-0.2, -0.15) is 9.78 Å². The van der Waals surface area contributed by atoms with E-state index in [0.717, 1.165) is 25.7 Å². The van der Waals surface area contributed by atoms with E-state index in [1.165, 1.54) is 0 Å². The molecule has 0 saturated heterocycles. The van der Waals surface area contributed by atoms with Crippen LogP contribution < -0.4 is 0 Å². The average molecular weight is 412 g/mol. The zero-order valence-corrected chi connectivity index (χ0v) is 17.8. The molecule has 0 N–H and O–H groups in total. The summed E-state index contributed by atoms with van der Waals surface area (Å²) in [6.45, 7) is 11.5. The molecule has 0 aliphatic carbocycles. The van der Waals surface area contributed by atoms with Crippen molar-refractivity contribution in [3.8, 4) is 0 Å². The molecule has 7 heteroatoms. The molecule has 0 bridgehead atoms. The van der Waals surface area contributed by atoms with E-state index < -0.39 is 0 Å². The summed E-state index contributed by atoms with van der Waals surface area (Å²) < 4.78 is 0. The fraction of sp³-hybridized carbons (Fsp3) is 0.875. The Hall–Kier alpha value is -0.257. The van der Waals surface area contributed by atoms with Gasteiger partial charge in [-0.05, 0) is 39.5 Å². The zero-order chi connectivity index (χ0) is 17.4. The second-order valence-electron chi connectivity index (χ2n) is 5.04. The van der Waals surface area contributed by atoms with E-state index in [-0.39, 0.29) is 50.3 Å². The van der Waals surface area contributed by atoms with E-state index in [2.05, 4.69) is 9.78 Å². The van der Waals surface area contributed by atoms with Crippen molar-refractivity contribution >= 4 is 11.9 Å². The summed E-state index contributed by atoms with van der Waals surface area (Å²) in [5.74, 6) is -0.569. The molecule has 6 nitrogen and oxygen atoms in total. The van der Waals surface area contributed by atoms with Crippen LogP contribution in [0.4, 0.5) is 0 Å². The van der Waals surface area contributed by atoms with Gasteiger partial charge >= 0.3 is 11.9 Å². The van der Waals surface area contributed by atoms with E-state index in [1.807, 2.05) is 41.5 Å². The van der Waals surface area contributed by atoms with Gasteiger partial charge in [0.2, 0.25) is 0 Å². The summed E-state index contributed by atoms with van der Waals surface area (Å²) in [5, 5.41) is 0. The molecule has 0 heterocycles. The number of carbonyl (C=O) groups is 2. The quantitative estimate of drug-likeness (QED) is 0.398. The Balaban J connectivity index is -0.000000333. The molecule has 2 atom stereocenters. The van der Waals surface area contributed by atoms with Gasteiger partial charge in [0.1, 0.15) is 12.2 Å². The number of rotatable bonds is 10. The summed E-state index contributed by atoms with van der Waals surface area (Å²) in [4.78, 5) is 39.9. The first kappa shape index (κ1) is 27.6. The summed E-state index contributed by atoms with van der Waals surface area (Å²) in [5.41, 5.74) is 0. The van der Waals surface area contributed by atoms with Crippen molar-refractivity contribution in [2.24, 2.45) is 0 Å². The van der Waals surface area contributed by atoms with Gasteiger partial charge in [-0.3, -0.25) is 9.78 Å². The fourth-order valence-electron chi connectivity index (χ4n) is 0.899. The predicted octanol–water partition coefficient (Wildman–Crippen LogP) is 4.12. The third-order valence-corrected chi connectivity index (χ3v) is 2.67. The van der Waals surface area contributed by atoms with Crippen LogP contribution in [-0.4, -0.2) is 24.1 Å². The number of hydrogen-bond donors (Lipinski definition) is 0. The Morgan fingerprint density at radius 2 is 1.04 bits per heavy atom. The number of carbonyl (C=O) groups excluding carboxylic acids is 2. The standard InChI is InChI=1S/2C8H16O3.Zr/c2*1-4-6-8(9)11-10-7(3)5-2;/h2*7H,4-6H2,1-3H3;. The minimum Gasteiger partial charge on any atom is -0.298 e. The van der Waals surface area contributed by atoms with Crippen molar-refractivity contribution in [3.05, 3.63) is 0 Å². The normalized spacial score (nSPS) is 12.1. The molecule has 0 spiro atoms. The number of hydrogen-bond acceptors (Lipinski definition) is 6. The molecule has 0 saturated carbocycles. The van der Waals surface area contributed by atoms with Crippen LogP contribution in [0.15, 0.2) is 0 Å². The third kappa shape index (κ3) is 21.7. The van der Waals surface area contributed by atoms with Crippen molar-refractivity contribution in [3.63, 3.8) is 0 Å². The minimum absolute atomic E-state index is 0. The van der Waals surface area contributed by atoms with E-state index in [1.54, 1.807) is 0 Å². The van der Waals surface area contributed by atoms with E-state index in [0.29, 0.717) is 12.8 Å². The Morgan fingerprint density at radius 3 is 1.26 bits per heavy atom. The van der Waals surface area contributed by atoms with Crippen LogP contribution in [0.25, 0.3) is 0 Å². The molecule has 23 heavy (non-hydrogen) atoms. The monoisotopic (exact) mass is 410 g/mol. The molecule has 0 radical (unpaired) electrons. The summed E-state index contributed by atoms with van der Waals surface area (Å²) in [6.07, 6.45) is 4.13. The Kier molecular flexibility index (Phi) is 23.7. The van der Waals surface area contributed by atoms with Gasteiger partial charge in [-0.25, -0.2) is 9.59 Å². The van der Waals surface area contributed by atoms with Crippen molar-refractivity contribution < 1.29 is 55.3 Å². The SMILES string of the molecule is CCCC(=O)OOC(C)CC.CCCC(=O)OOC(C)CC.[Zr]. The molecule has 0 fully saturated rings. The maximum absolute atomic E-state index is 10.7. The first-order chi connectivity index (χ1) is 10.4. The van der Waals surface area contributed by atoms with E-state index >= 15 is 0 Å². The van der Waals surface area contributed by atoms with Crippen LogP contribution in [-0.2, 0) is 55.3 Å². The van der Waals surface area contributed by atoms with Crippen molar-refractivity contribution in [1.29, 1.82) is 0 Å². The van der Waals surface area contributed by atoms with Crippen molar-refractivity contribution in [2.45, 2.75) is 92.3 Å². The van der Waals surface area contributed by atoms with Gasteiger partial charge in [-0.15, -0.1) is 0 Å². The zero-order valence-electron chi connectivity index (χ0n) is 15.3. The van der Waals surface area contributed by atoms with Gasteiger partial charge < -0.3 is 0 Å². The Bertz CT molecular complexity index is 258. The van der Waals surface area contributed by atoms with Crippen LogP contribution in [0.1, 0.15) is 80.1 Å². The molecule has 0 aromatic rings. The van der Waals surface area contributed by atoms with E-state index in [4.69, 9.17) is 9.78 Å². The van der Waals surface area contributed by atoms with Gasteiger partial charge in [0.05, 0.1) is 0 Å². The molecule has 0 aromatic carbocycles. The maximum Gasteiger partial charge on any atom is 0.342 e. The molecule has 0 amide bonds. The molecule has 0 aliphatic rings. The van der Waals surface area contributed by atoms with Crippen LogP contribution in [0.5, 0.6) is 0 Å². The molecule has 0 rings (SSSR count). The van der Waals surface area contributed by atoms with Crippen LogP contribution in [0.3, 0.4) is 0 Å². The molecular weight excluding hydrogens is 379 g/mol. The van der Waals surface area contributed by atoms with E-state index in [9.17, 15) is 9.59 Å². The predicted molar refractivity (Wildman–Crippen MR) is 83.7 cm³/mol. The molecule has 0 aromatic heterocycles. The van der Waals surface area contributed by atoms with Gasteiger partial charge in [-0.1, -0.05) is 27.7 Å². The fourth-order valence-corrected chi connectivity index (χ4v) is 0.899. The summed E-state index contributed by atoms with van der Waals surface area (Å²) >= 11 is 0.